The van der Waals surface area contributed by atoms with Gasteiger partial charge in [-0.05, 0) is 30.6 Å². The molecule has 2 rings (SSSR count). The van der Waals surface area contributed by atoms with Gasteiger partial charge in [-0.2, -0.15) is 0 Å². The summed E-state index contributed by atoms with van der Waals surface area (Å²) in [6, 6.07) is 0. The molecule has 3 unspecified atom stereocenters. The summed E-state index contributed by atoms with van der Waals surface area (Å²) in [5.41, 5.74) is -0.101. The van der Waals surface area contributed by atoms with Gasteiger partial charge in [0.1, 0.15) is 0 Å². The van der Waals surface area contributed by atoms with Crippen LogP contribution in [-0.4, -0.2) is 23.4 Å². The highest BCUT2D eigenvalue weighted by Gasteiger charge is 2.42. The third-order valence-electron chi connectivity index (χ3n) is 4.06. The van der Waals surface area contributed by atoms with Gasteiger partial charge in [0.25, 0.3) is 0 Å². The van der Waals surface area contributed by atoms with Crippen LogP contribution in [0, 0.1) is 11.3 Å². The van der Waals surface area contributed by atoms with Crippen LogP contribution in [0.2, 0.25) is 0 Å². The van der Waals surface area contributed by atoms with Crippen LogP contribution in [0.3, 0.4) is 0 Å². The Kier molecular flexibility index (Phi) is 2.85. The number of ether oxygens (including phenoxy) is 1. The number of hydrogen-bond acceptors (Lipinski definition) is 2. The van der Waals surface area contributed by atoms with Gasteiger partial charge in [0.2, 0.25) is 0 Å². The van der Waals surface area contributed by atoms with Crippen LogP contribution in [0.4, 0.5) is 0 Å². The summed E-state index contributed by atoms with van der Waals surface area (Å²) in [5, 5.41) is 10.5. The van der Waals surface area contributed by atoms with Crippen LogP contribution in [-0.2, 0) is 4.74 Å². The molecule has 1 saturated heterocycles. The summed E-state index contributed by atoms with van der Waals surface area (Å²) in [7, 11) is 0. The molecule has 0 aromatic rings. The van der Waals surface area contributed by atoms with Crippen molar-refractivity contribution in [2.24, 2.45) is 11.3 Å². The Morgan fingerprint density at radius 3 is 2.60 bits per heavy atom. The zero-order chi connectivity index (χ0) is 11.1. The quantitative estimate of drug-likeness (QED) is 0.714. The lowest BCUT2D eigenvalue weighted by Crippen LogP contribution is -2.40. The summed E-state index contributed by atoms with van der Waals surface area (Å²) in [6.45, 7) is 7.73. The molecule has 1 aliphatic heterocycles. The molecule has 1 aliphatic carbocycles. The first-order chi connectivity index (χ1) is 6.89. The maximum atomic E-state index is 10.5. The van der Waals surface area contributed by atoms with Crippen molar-refractivity contribution in [3.8, 4) is 0 Å². The number of rotatable bonds is 2. The lowest BCUT2D eigenvalue weighted by atomic mass is 9.66. The summed E-state index contributed by atoms with van der Waals surface area (Å²) >= 11 is 0. The van der Waals surface area contributed by atoms with Crippen LogP contribution in [0.15, 0.2) is 0 Å². The molecule has 1 saturated carbocycles. The van der Waals surface area contributed by atoms with Gasteiger partial charge in [-0.25, -0.2) is 0 Å². The smallest absolute Gasteiger partial charge is 0.0837 e. The zero-order valence-electron chi connectivity index (χ0n) is 10.3. The fourth-order valence-electron chi connectivity index (χ4n) is 2.87. The van der Waals surface area contributed by atoms with Gasteiger partial charge in [-0.15, -0.1) is 0 Å². The topological polar surface area (TPSA) is 32.8 Å². The SMILES string of the molecule is CC(C)(C)C1CCCC(O)(CC2CO2)C1. The van der Waals surface area contributed by atoms with Crippen molar-refractivity contribution in [3.63, 3.8) is 0 Å². The van der Waals surface area contributed by atoms with Crippen LogP contribution < -0.4 is 0 Å². The highest BCUT2D eigenvalue weighted by molar-refractivity contribution is 4.93. The molecule has 0 amide bonds. The first kappa shape index (κ1) is 11.4. The standard InChI is InChI=1S/C13H24O2/c1-12(2,3)10-5-4-6-13(14,7-10)8-11-9-15-11/h10-11,14H,4-9H2,1-3H3. The van der Waals surface area contributed by atoms with Crippen molar-refractivity contribution in [1.82, 2.24) is 0 Å². The molecule has 0 spiro atoms. The second-order valence-corrected chi connectivity index (χ2v) is 6.54. The average molecular weight is 212 g/mol. The molecule has 0 aromatic carbocycles. The van der Waals surface area contributed by atoms with Crippen molar-refractivity contribution >= 4 is 0 Å². The van der Waals surface area contributed by atoms with E-state index in [4.69, 9.17) is 4.74 Å². The van der Waals surface area contributed by atoms with Gasteiger partial charge in [0.15, 0.2) is 0 Å². The Morgan fingerprint density at radius 1 is 1.40 bits per heavy atom. The minimum atomic E-state index is -0.433. The Hall–Kier alpha value is -0.0800. The third-order valence-corrected chi connectivity index (χ3v) is 4.06. The molecule has 1 N–H and O–H groups in total. The molecule has 2 aliphatic rings. The molecular weight excluding hydrogens is 188 g/mol. The fourth-order valence-corrected chi connectivity index (χ4v) is 2.87. The Bertz CT molecular complexity index is 227. The molecule has 88 valence electrons. The lowest BCUT2D eigenvalue weighted by Gasteiger charge is -2.42. The van der Waals surface area contributed by atoms with E-state index >= 15 is 0 Å². The van der Waals surface area contributed by atoms with Gasteiger partial charge < -0.3 is 9.84 Å². The molecule has 2 nitrogen and oxygen atoms in total. The normalized spacial score (nSPS) is 41.6. The summed E-state index contributed by atoms with van der Waals surface area (Å²) in [5.74, 6) is 0.662. The van der Waals surface area contributed by atoms with Crippen molar-refractivity contribution in [2.75, 3.05) is 6.61 Å². The summed E-state index contributed by atoms with van der Waals surface area (Å²) in [6.07, 6.45) is 5.60. The molecule has 0 aromatic heterocycles. The second-order valence-electron chi connectivity index (χ2n) is 6.54. The van der Waals surface area contributed by atoms with Gasteiger partial charge >= 0.3 is 0 Å². The predicted molar refractivity (Wildman–Crippen MR) is 60.7 cm³/mol. The lowest BCUT2D eigenvalue weighted by molar-refractivity contribution is -0.0480. The Morgan fingerprint density at radius 2 is 2.07 bits per heavy atom. The highest BCUT2D eigenvalue weighted by Crippen LogP contribution is 2.44. The maximum absolute atomic E-state index is 10.5. The second kappa shape index (κ2) is 3.74. The summed E-state index contributed by atoms with van der Waals surface area (Å²) < 4.78 is 5.24. The van der Waals surface area contributed by atoms with Crippen molar-refractivity contribution < 1.29 is 9.84 Å². The molecule has 3 atom stereocenters. The van der Waals surface area contributed by atoms with E-state index in [9.17, 15) is 5.11 Å². The summed E-state index contributed by atoms with van der Waals surface area (Å²) in [4.78, 5) is 0. The monoisotopic (exact) mass is 212 g/mol. The molecule has 2 fully saturated rings. The fraction of sp³-hybridized carbons (Fsp3) is 1.00. The maximum Gasteiger partial charge on any atom is 0.0837 e. The number of aliphatic hydroxyl groups is 1. The van der Waals surface area contributed by atoms with E-state index in [0.717, 1.165) is 25.9 Å². The van der Waals surface area contributed by atoms with Gasteiger partial charge in [-0.1, -0.05) is 27.2 Å². The molecule has 0 bridgehead atoms. The number of epoxide rings is 1. The van der Waals surface area contributed by atoms with E-state index in [1.807, 2.05) is 0 Å². The van der Waals surface area contributed by atoms with E-state index in [2.05, 4.69) is 20.8 Å². The van der Waals surface area contributed by atoms with E-state index in [1.54, 1.807) is 0 Å². The van der Waals surface area contributed by atoms with E-state index < -0.39 is 5.60 Å². The predicted octanol–water partition coefficient (Wildman–Crippen LogP) is 2.74. The van der Waals surface area contributed by atoms with Crippen molar-refractivity contribution in [3.05, 3.63) is 0 Å². The van der Waals surface area contributed by atoms with Crippen LogP contribution in [0.1, 0.15) is 52.9 Å². The molecule has 2 heteroatoms. The first-order valence-corrected chi connectivity index (χ1v) is 6.23. The van der Waals surface area contributed by atoms with Crippen molar-refractivity contribution in [2.45, 2.75) is 64.6 Å². The van der Waals surface area contributed by atoms with Crippen molar-refractivity contribution in [1.29, 1.82) is 0 Å². The minimum absolute atomic E-state index is 0.332. The number of hydrogen-bond donors (Lipinski definition) is 1. The molecular formula is C13H24O2. The van der Waals surface area contributed by atoms with Crippen LogP contribution in [0.25, 0.3) is 0 Å². The van der Waals surface area contributed by atoms with E-state index in [1.165, 1.54) is 12.8 Å². The first-order valence-electron chi connectivity index (χ1n) is 6.23. The Balaban J connectivity index is 1.95. The molecule has 1 heterocycles. The molecule has 0 radical (unpaired) electrons. The molecule has 15 heavy (non-hydrogen) atoms. The average Bonchev–Trinajstić information content (AvgIpc) is 2.86. The zero-order valence-corrected chi connectivity index (χ0v) is 10.3. The van der Waals surface area contributed by atoms with Gasteiger partial charge in [0.05, 0.1) is 18.3 Å². The Labute approximate surface area is 93.0 Å². The van der Waals surface area contributed by atoms with Crippen LogP contribution >= 0.6 is 0 Å². The van der Waals surface area contributed by atoms with Gasteiger partial charge in [0, 0.05) is 6.42 Å². The van der Waals surface area contributed by atoms with Gasteiger partial charge in [-0.3, -0.25) is 0 Å². The van der Waals surface area contributed by atoms with Crippen LogP contribution in [0.5, 0.6) is 0 Å². The third kappa shape index (κ3) is 2.94. The van der Waals surface area contributed by atoms with E-state index in [-0.39, 0.29) is 0 Å². The highest BCUT2D eigenvalue weighted by atomic mass is 16.6. The van der Waals surface area contributed by atoms with E-state index in [0.29, 0.717) is 17.4 Å². The minimum Gasteiger partial charge on any atom is -0.390 e. The largest absolute Gasteiger partial charge is 0.390 e.